The molecule has 6 heteroatoms. The summed E-state index contributed by atoms with van der Waals surface area (Å²) in [5.41, 5.74) is 0. The molecule has 0 radical (unpaired) electrons. The van der Waals surface area contributed by atoms with Crippen molar-refractivity contribution in [3.63, 3.8) is 0 Å². The van der Waals surface area contributed by atoms with Crippen molar-refractivity contribution in [3.8, 4) is 0 Å². The van der Waals surface area contributed by atoms with Crippen molar-refractivity contribution in [1.29, 1.82) is 0 Å². The van der Waals surface area contributed by atoms with Gasteiger partial charge in [0.15, 0.2) is 6.10 Å². The zero-order valence-corrected chi connectivity index (χ0v) is 43.0. The standard InChI is InChI=1S/C59H104O6/c1-4-7-10-13-16-19-22-24-26-28-30-32-34-37-40-43-46-49-52-58(61)64-55-56(54-63-57(60)51-48-45-42-39-36-21-18-15-12-9-6-3)65-59(62)53-50-47-44-41-38-35-33-31-29-27-25-23-20-17-14-11-8-5-2/h15,18,21-22,24,26,28,30,32,36,56H,4-14,16-17,19-20,23,25,27,29,31,33-35,37-55H2,1-3H3/b18-15-,24-22-,28-26-,32-30-,36-21-. The van der Waals surface area contributed by atoms with Crippen LogP contribution in [-0.2, 0) is 28.6 Å². The average Bonchev–Trinajstić information content (AvgIpc) is 3.30. The maximum Gasteiger partial charge on any atom is 0.306 e. The lowest BCUT2D eigenvalue weighted by Crippen LogP contribution is -2.30. The summed E-state index contributed by atoms with van der Waals surface area (Å²) in [6.07, 6.45) is 66.4. The lowest BCUT2D eigenvalue weighted by molar-refractivity contribution is -0.167. The van der Waals surface area contributed by atoms with E-state index in [1.807, 2.05) is 0 Å². The maximum atomic E-state index is 12.8. The fourth-order valence-electron chi connectivity index (χ4n) is 7.83. The molecule has 0 fully saturated rings. The fourth-order valence-corrected chi connectivity index (χ4v) is 7.83. The van der Waals surface area contributed by atoms with Crippen molar-refractivity contribution in [2.45, 2.75) is 284 Å². The minimum Gasteiger partial charge on any atom is -0.462 e. The number of allylic oxidation sites excluding steroid dienone is 10. The van der Waals surface area contributed by atoms with Crippen LogP contribution in [0.1, 0.15) is 278 Å². The van der Waals surface area contributed by atoms with E-state index in [0.717, 1.165) is 89.9 Å². The third kappa shape index (κ3) is 51.9. The van der Waals surface area contributed by atoms with Crippen LogP contribution in [0.2, 0.25) is 0 Å². The number of ether oxygens (including phenoxy) is 3. The molecule has 0 heterocycles. The van der Waals surface area contributed by atoms with E-state index >= 15 is 0 Å². The summed E-state index contributed by atoms with van der Waals surface area (Å²) in [5.74, 6) is -0.928. The van der Waals surface area contributed by atoms with Gasteiger partial charge >= 0.3 is 17.9 Å². The predicted octanol–water partition coefficient (Wildman–Crippen LogP) is 18.4. The van der Waals surface area contributed by atoms with Gasteiger partial charge in [-0.15, -0.1) is 0 Å². The molecule has 0 aliphatic rings. The average molecular weight is 909 g/mol. The first-order chi connectivity index (χ1) is 32.0. The molecule has 0 aliphatic carbocycles. The van der Waals surface area contributed by atoms with E-state index in [9.17, 15) is 14.4 Å². The number of rotatable bonds is 50. The van der Waals surface area contributed by atoms with Gasteiger partial charge in [0.2, 0.25) is 0 Å². The van der Waals surface area contributed by atoms with Crippen molar-refractivity contribution in [2.75, 3.05) is 13.2 Å². The first kappa shape index (κ1) is 62.1. The van der Waals surface area contributed by atoms with Crippen molar-refractivity contribution in [3.05, 3.63) is 60.8 Å². The zero-order valence-electron chi connectivity index (χ0n) is 43.0. The Labute approximate surface area is 402 Å². The number of carbonyl (C=O) groups is 3. The molecule has 0 spiro atoms. The largest absolute Gasteiger partial charge is 0.462 e. The molecule has 0 aromatic rings. The minimum atomic E-state index is -0.791. The van der Waals surface area contributed by atoms with E-state index in [1.165, 1.54) is 148 Å². The van der Waals surface area contributed by atoms with E-state index in [2.05, 4.69) is 81.5 Å². The Bertz CT molecular complexity index is 1180. The van der Waals surface area contributed by atoms with Crippen LogP contribution in [-0.4, -0.2) is 37.2 Å². The molecule has 376 valence electrons. The van der Waals surface area contributed by atoms with E-state index in [4.69, 9.17) is 14.2 Å². The first-order valence-corrected chi connectivity index (χ1v) is 27.8. The summed E-state index contributed by atoms with van der Waals surface area (Å²) in [7, 11) is 0. The number of carbonyl (C=O) groups excluding carboxylic acids is 3. The SMILES string of the molecule is CCCC/C=C\C=C/CCCCCC(=O)OCC(COC(=O)CCCCCCC\C=C/C=C\C=C/CCCCCCC)OC(=O)CCCCCCCCCCCCCCCCCCCC. The van der Waals surface area contributed by atoms with Gasteiger partial charge in [-0.25, -0.2) is 0 Å². The quantitative estimate of drug-likeness (QED) is 0.0262. The lowest BCUT2D eigenvalue weighted by Gasteiger charge is -2.18. The van der Waals surface area contributed by atoms with E-state index < -0.39 is 6.10 Å². The molecule has 0 saturated carbocycles. The maximum absolute atomic E-state index is 12.8. The Hall–Kier alpha value is -2.89. The van der Waals surface area contributed by atoms with Crippen molar-refractivity contribution in [2.24, 2.45) is 0 Å². The number of hydrogen-bond donors (Lipinski definition) is 0. The number of hydrogen-bond acceptors (Lipinski definition) is 6. The molecule has 0 aliphatic heterocycles. The molecule has 1 atom stereocenters. The van der Waals surface area contributed by atoms with Gasteiger partial charge in [-0.1, -0.05) is 255 Å². The van der Waals surface area contributed by atoms with Crippen molar-refractivity contribution < 1.29 is 28.6 Å². The van der Waals surface area contributed by atoms with Crippen molar-refractivity contribution in [1.82, 2.24) is 0 Å². The summed E-state index contributed by atoms with van der Waals surface area (Å²) in [5, 5.41) is 0. The predicted molar refractivity (Wildman–Crippen MR) is 279 cm³/mol. The van der Waals surface area contributed by atoms with Crippen LogP contribution in [0.5, 0.6) is 0 Å². The first-order valence-electron chi connectivity index (χ1n) is 27.8. The third-order valence-corrected chi connectivity index (χ3v) is 12.1. The summed E-state index contributed by atoms with van der Waals surface area (Å²) < 4.78 is 16.8. The van der Waals surface area contributed by atoms with Gasteiger partial charge in [0.1, 0.15) is 13.2 Å². The highest BCUT2D eigenvalue weighted by molar-refractivity contribution is 5.71. The highest BCUT2D eigenvalue weighted by atomic mass is 16.6. The highest BCUT2D eigenvalue weighted by Crippen LogP contribution is 2.16. The second-order valence-corrected chi connectivity index (χ2v) is 18.6. The molecule has 0 bridgehead atoms. The highest BCUT2D eigenvalue weighted by Gasteiger charge is 2.19. The molecule has 6 nitrogen and oxygen atoms in total. The molecule has 1 unspecified atom stereocenters. The van der Waals surface area contributed by atoms with Gasteiger partial charge in [0.05, 0.1) is 0 Å². The van der Waals surface area contributed by atoms with Gasteiger partial charge in [-0.2, -0.15) is 0 Å². The normalized spacial score (nSPS) is 12.5. The van der Waals surface area contributed by atoms with Gasteiger partial charge in [-0.05, 0) is 64.2 Å². The Morgan fingerprint density at radius 2 is 0.569 bits per heavy atom. The van der Waals surface area contributed by atoms with Crippen LogP contribution < -0.4 is 0 Å². The zero-order chi connectivity index (χ0) is 47.2. The molecule has 0 saturated heterocycles. The van der Waals surface area contributed by atoms with E-state index in [-0.39, 0.29) is 31.1 Å². The number of esters is 3. The van der Waals surface area contributed by atoms with E-state index in [0.29, 0.717) is 19.3 Å². The monoisotopic (exact) mass is 909 g/mol. The van der Waals surface area contributed by atoms with Crippen molar-refractivity contribution >= 4 is 17.9 Å². The molecule has 0 aromatic heterocycles. The Balaban J connectivity index is 4.38. The smallest absolute Gasteiger partial charge is 0.306 e. The van der Waals surface area contributed by atoms with Gasteiger partial charge in [-0.3, -0.25) is 14.4 Å². The molecule has 0 amide bonds. The van der Waals surface area contributed by atoms with Gasteiger partial charge < -0.3 is 14.2 Å². The number of unbranched alkanes of at least 4 members (excludes halogenated alkanes) is 32. The lowest BCUT2D eigenvalue weighted by atomic mass is 10.0. The topological polar surface area (TPSA) is 78.9 Å². The second-order valence-electron chi connectivity index (χ2n) is 18.6. The fraction of sp³-hybridized carbons (Fsp3) is 0.780. The summed E-state index contributed by atoms with van der Waals surface area (Å²) in [6.45, 7) is 6.55. The van der Waals surface area contributed by atoms with Gasteiger partial charge in [0.25, 0.3) is 0 Å². The Morgan fingerprint density at radius 1 is 0.308 bits per heavy atom. The molecular weight excluding hydrogens is 805 g/mol. The summed E-state index contributed by atoms with van der Waals surface area (Å²) in [4.78, 5) is 38.0. The Morgan fingerprint density at radius 3 is 0.923 bits per heavy atom. The molecule has 65 heavy (non-hydrogen) atoms. The second kappa shape index (κ2) is 53.7. The molecule has 0 N–H and O–H groups in total. The van der Waals surface area contributed by atoms with Crippen LogP contribution in [0.3, 0.4) is 0 Å². The van der Waals surface area contributed by atoms with Crippen LogP contribution in [0.15, 0.2) is 60.8 Å². The van der Waals surface area contributed by atoms with Crippen LogP contribution in [0.4, 0.5) is 0 Å². The third-order valence-electron chi connectivity index (χ3n) is 12.1. The minimum absolute atomic E-state index is 0.0914. The Kier molecular flexibility index (Phi) is 51.3. The van der Waals surface area contributed by atoms with Crippen LogP contribution in [0.25, 0.3) is 0 Å². The van der Waals surface area contributed by atoms with Crippen LogP contribution >= 0.6 is 0 Å². The molecule has 0 aromatic carbocycles. The van der Waals surface area contributed by atoms with E-state index in [1.54, 1.807) is 0 Å². The summed E-state index contributed by atoms with van der Waals surface area (Å²) >= 11 is 0. The van der Waals surface area contributed by atoms with Gasteiger partial charge in [0, 0.05) is 19.3 Å². The molecular formula is C59H104O6. The van der Waals surface area contributed by atoms with Crippen LogP contribution in [0, 0.1) is 0 Å². The summed E-state index contributed by atoms with van der Waals surface area (Å²) in [6, 6.07) is 0. The molecule has 0 rings (SSSR count).